The lowest BCUT2D eigenvalue weighted by molar-refractivity contribution is 0.555. The first-order valence-corrected chi connectivity index (χ1v) is 9.33. The van der Waals surface area contributed by atoms with Crippen molar-refractivity contribution in [2.24, 2.45) is 4.99 Å². The van der Waals surface area contributed by atoms with Gasteiger partial charge in [0, 0.05) is 18.8 Å². The maximum Gasteiger partial charge on any atom is 0.156 e. The number of hydrogen-bond donors (Lipinski definition) is 1. The van der Waals surface area contributed by atoms with E-state index in [0.29, 0.717) is 0 Å². The average Bonchev–Trinajstić information content (AvgIpc) is 2.46. The summed E-state index contributed by atoms with van der Waals surface area (Å²) < 4.78 is 0. The molecule has 0 amide bonds. The summed E-state index contributed by atoms with van der Waals surface area (Å²) in [5, 5.41) is 4.64. The lowest BCUT2D eigenvalue weighted by Gasteiger charge is -2.12. The monoisotopic (exact) mass is 364 g/mol. The normalized spacial score (nSPS) is 14.6. The summed E-state index contributed by atoms with van der Waals surface area (Å²) in [4.78, 5) is 4.48. The van der Waals surface area contributed by atoms with Crippen molar-refractivity contribution in [3.63, 3.8) is 0 Å². The van der Waals surface area contributed by atoms with Crippen molar-refractivity contribution in [2.45, 2.75) is 77.6 Å². The molecule has 1 rings (SSSR count). The van der Waals surface area contributed by atoms with Crippen LogP contribution in [0, 0.1) is 0 Å². The van der Waals surface area contributed by atoms with Gasteiger partial charge in [0.25, 0.3) is 0 Å². The molecule has 0 aliphatic carbocycles. The van der Waals surface area contributed by atoms with E-state index in [2.05, 4.69) is 17.2 Å². The van der Waals surface area contributed by atoms with Crippen molar-refractivity contribution < 1.29 is 0 Å². The molecule has 2 nitrogen and oxygen atoms in total. The molecule has 0 spiro atoms. The summed E-state index contributed by atoms with van der Waals surface area (Å²) in [6.45, 7) is 4.42. The molecule has 0 saturated carbocycles. The fourth-order valence-electron chi connectivity index (χ4n) is 2.37. The predicted octanol–water partition coefficient (Wildman–Crippen LogP) is 5.57. The minimum absolute atomic E-state index is 0. The van der Waals surface area contributed by atoms with Crippen LogP contribution in [0.25, 0.3) is 0 Å². The van der Waals surface area contributed by atoms with Crippen LogP contribution in [0.2, 0.25) is 0 Å². The molecule has 1 aliphatic rings. The quantitative estimate of drug-likeness (QED) is 0.484. The Hall–Kier alpha value is 0.300. The lowest BCUT2D eigenvalue weighted by atomic mass is 10.1. The fraction of sp³-hybridized carbons (Fsp3) is 0.938. The Bertz CT molecular complexity index is 235. The number of unbranched alkanes of at least 4 members (excludes halogenated alkanes) is 9. The van der Waals surface area contributed by atoms with Crippen LogP contribution in [0.3, 0.4) is 0 Å². The van der Waals surface area contributed by atoms with E-state index in [0.717, 1.165) is 13.1 Å². The Morgan fingerprint density at radius 2 is 1.55 bits per heavy atom. The second-order valence-electron chi connectivity index (χ2n) is 5.50. The zero-order valence-electron chi connectivity index (χ0n) is 13.2. The van der Waals surface area contributed by atoms with E-state index in [9.17, 15) is 0 Å². The molecule has 0 atom stereocenters. The van der Waals surface area contributed by atoms with E-state index in [-0.39, 0.29) is 17.0 Å². The molecule has 0 aromatic heterocycles. The Labute approximate surface area is 140 Å². The van der Waals surface area contributed by atoms with Crippen LogP contribution in [0.4, 0.5) is 0 Å². The highest BCUT2D eigenvalue weighted by Gasteiger charge is 2.03. The number of nitrogens with zero attached hydrogens (tertiary/aromatic N) is 1. The standard InChI is InChI=1S/C16H32N2S.BrH/c1-2-3-4-5-6-7-8-9-10-11-13-17-16-18-14-12-15-19-16;/h2-15H2,1H3,(H,17,18);1H. The maximum absolute atomic E-state index is 4.48. The van der Waals surface area contributed by atoms with E-state index < -0.39 is 0 Å². The summed E-state index contributed by atoms with van der Waals surface area (Å²) in [7, 11) is 0. The van der Waals surface area contributed by atoms with Gasteiger partial charge in [0.05, 0.1) is 0 Å². The van der Waals surface area contributed by atoms with E-state index >= 15 is 0 Å². The minimum Gasteiger partial charge on any atom is -0.365 e. The van der Waals surface area contributed by atoms with Crippen molar-refractivity contribution in [3.8, 4) is 0 Å². The third-order valence-corrected chi connectivity index (χ3v) is 4.64. The van der Waals surface area contributed by atoms with Gasteiger partial charge in [0.15, 0.2) is 5.17 Å². The molecule has 120 valence electrons. The molecular weight excluding hydrogens is 332 g/mol. The van der Waals surface area contributed by atoms with E-state index in [1.807, 2.05) is 11.8 Å². The summed E-state index contributed by atoms with van der Waals surface area (Å²) in [5.74, 6) is 1.24. The number of halogens is 1. The van der Waals surface area contributed by atoms with Crippen molar-refractivity contribution >= 4 is 33.9 Å². The number of hydrogen-bond acceptors (Lipinski definition) is 3. The second-order valence-corrected chi connectivity index (χ2v) is 6.58. The molecule has 0 unspecified atom stereocenters. The van der Waals surface area contributed by atoms with Crippen molar-refractivity contribution in [1.29, 1.82) is 0 Å². The molecule has 1 aliphatic heterocycles. The smallest absolute Gasteiger partial charge is 0.156 e. The second kappa shape index (κ2) is 15.7. The van der Waals surface area contributed by atoms with Gasteiger partial charge in [-0.2, -0.15) is 0 Å². The molecule has 0 radical (unpaired) electrons. The third kappa shape index (κ3) is 12.1. The molecule has 0 aromatic rings. The van der Waals surface area contributed by atoms with Gasteiger partial charge in [-0.15, -0.1) is 17.0 Å². The summed E-state index contributed by atoms with van der Waals surface area (Å²) in [6, 6.07) is 0. The summed E-state index contributed by atoms with van der Waals surface area (Å²) >= 11 is 1.88. The van der Waals surface area contributed by atoms with Crippen molar-refractivity contribution in [3.05, 3.63) is 0 Å². The number of amidine groups is 1. The van der Waals surface area contributed by atoms with Gasteiger partial charge < -0.3 is 5.32 Å². The summed E-state index contributed by atoms with van der Waals surface area (Å²) in [5.41, 5.74) is 0. The van der Waals surface area contributed by atoms with Crippen LogP contribution in [-0.2, 0) is 0 Å². The molecule has 1 heterocycles. The first-order valence-electron chi connectivity index (χ1n) is 8.34. The van der Waals surface area contributed by atoms with Gasteiger partial charge in [-0.05, 0) is 12.8 Å². The van der Waals surface area contributed by atoms with Gasteiger partial charge in [-0.1, -0.05) is 76.5 Å². The topological polar surface area (TPSA) is 24.4 Å². The lowest BCUT2D eigenvalue weighted by Crippen LogP contribution is -2.24. The Morgan fingerprint density at radius 3 is 2.10 bits per heavy atom. The Balaban J connectivity index is 0.00000361. The fourth-order valence-corrected chi connectivity index (χ4v) is 3.23. The highest BCUT2D eigenvalue weighted by Crippen LogP contribution is 2.11. The SMILES string of the molecule is Br.CCCCCCCCCCCCNC1=NCCCS1. The number of rotatable bonds is 11. The van der Waals surface area contributed by atoms with Crippen LogP contribution >= 0.6 is 28.7 Å². The van der Waals surface area contributed by atoms with Crippen LogP contribution in [0.1, 0.15) is 77.6 Å². The first kappa shape index (κ1) is 20.3. The molecule has 0 bridgehead atoms. The molecular formula is C16H33BrN2S. The third-order valence-electron chi connectivity index (χ3n) is 3.60. The van der Waals surface area contributed by atoms with Crippen LogP contribution < -0.4 is 5.32 Å². The minimum atomic E-state index is 0. The van der Waals surface area contributed by atoms with E-state index in [1.54, 1.807) is 0 Å². The predicted molar refractivity (Wildman–Crippen MR) is 99.5 cm³/mol. The van der Waals surface area contributed by atoms with Crippen LogP contribution in [-0.4, -0.2) is 24.0 Å². The number of nitrogens with one attached hydrogen (secondary N) is 1. The molecule has 0 fully saturated rings. The Kier molecular flexibility index (Phi) is 15.9. The van der Waals surface area contributed by atoms with Gasteiger partial charge in [0.1, 0.15) is 0 Å². The molecule has 0 aromatic carbocycles. The molecule has 20 heavy (non-hydrogen) atoms. The number of aliphatic imine (C=N–C) groups is 1. The molecule has 0 saturated heterocycles. The largest absolute Gasteiger partial charge is 0.365 e. The van der Waals surface area contributed by atoms with E-state index in [1.165, 1.54) is 81.5 Å². The summed E-state index contributed by atoms with van der Waals surface area (Å²) in [6.07, 6.45) is 15.3. The van der Waals surface area contributed by atoms with Gasteiger partial charge in [-0.25, -0.2) is 0 Å². The van der Waals surface area contributed by atoms with Crippen molar-refractivity contribution in [2.75, 3.05) is 18.8 Å². The van der Waals surface area contributed by atoms with Gasteiger partial charge in [-0.3, -0.25) is 4.99 Å². The van der Waals surface area contributed by atoms with Crippen LogP contribution in [0.15, 0.2) is 4.99 Å². The van der Waals surface area contributed by atoms with E-state index in [4.69, 9.17) is 0 Å². The maximum atomic E-state index is 4.48. The zero-order valence-corrected chi connectivity index (χ0v) is 15.7. The van der Waals surface area contributed by atoms with Gasteiger partial charge >= 0.3 is 0 Å². The first-order chi connectivity index (χ1) is 9.43. The van der Waals surface area contributed by atoms with Crippen molar-refractivity contribution in [1.82, 2.24) is 5.32 Å². The Morgan fingerprint density at radius 1 is 0.950 bits per heavy atom. The average molecular weight is 365 g/mol. The zero-order chi connectivity index (χ0) is 13.6. The number of thioether (sulfide) groups is 1. The van der Waals surface area contributed by atoms with Gasteiger partial charge in [0.2, 0.25) is 0 Å². The highest BCUT2D eigenvalue weighted by molar-refractivity contribution is 8.93. The molecule has 4 heteroatoms. The van der Waals surface area contributed by atoms with Crippen LogP contribution in [0.5, 0.6) is 0 Å². The molecule has 1 N–H and O–H groups in total. The highest BCUT2D eigenvalue weighted by atomic mass is 79.9.